The highest BCUT2D eigenvalue weighted by Crippen LogP contribution is 2.25. The van der Waals surface area contributed by atoms with Gasteiger partial charge in [-0.3, -0.25) is 14.6 Å². The summed E-state index contributed by atoms with van der Waals surface area (Å²) in [7, 11) is 0. The molecule has 0 saturated carbocycles. The molecule has 6 nitrogen and oxygen atoms in total. The summed E-state index contributed by atoms with van der Waals surface area (Å²) >= 11 is 0. The van der Waals surface area contributed by atoms with Gasteiger partial charge in [-0.1, -0.05) is 12.1 Å². The van der Waals surface area contributed by atoms with Gasteiger partial charge >= 0.3 is 5.97 Å². The minimum absolute atomic E-state index is 0.188. The van der Waals surface area contributed by atoms with E-state index in [4.69, 9.17) is 9.97 Å². The van der Waals surface area contributed by atoms with E-state index in [2.05, 4.69) is 9.80 Å². The van der Waals surface area contributed by atoms with Crippen molar-refractivity contribution in [3.05, 3.63) is 35.7 Å². The topological polar surface area (TPSA) is 69.6 Å². The summed E-state index contributed by atoms with van der Waals surface area (Å²) in [4.78, 5) is 25.7. The van der Waals surface area contributed by atoms with Crippen LogP contribution in [0.1, 0.15) is 37.1 Å². The van der Waals surface area contributed by atoms with Crippen molar-refractivity contribution in [2.45, 2.75) is 45.2 Å². The Kier molecular flexibility index (Phi) is 5.36. The van der Waals surface area contributed by atoms with Gasteiger partial charge in [0.15, 0.2) is 0 Å². The van der Waals surface area contributed by atoms with Gasteiger partial charge in [0.2, 0.25) is 0 Å². The maximum atomic E-state index is 11.3. The zero-order valence-corrected chi connectivity index (χ0v) is 16.0. The van der Waals surface area contributed by atoms with Gasteiger partial charge in [-0.2, -0.15) is 0 Å². The summed E-state index contributed by atoms with van der Waals surface area (Å²) in [6, 6.07) is 8.55. The molecule has 2 aliphatic heterocycles. The number of rotatable bonds is 4. The Morgan fingerprint density at radius 3 is 2.52 bits per heavy atom. The predicted octanol–water partition coefficient (Wildman–Crippen LogP) is 2.70. The molecular formula is C21H28N4O2. The maximum Gasteiger partial charge on any atom is 0.307 e. The minimum atomic E-state index is -0.637. The van der Waals surface area contributed by atoms with E-state index in [9.17, 15) is 9.90 Å². The number of aromatic nitrogens is 2. The third-order valence-electron chi connectivity index (χ3n) is 6.09. The van der Waals surface area contributed by atoms with Crippen molar-refractivity contribution in [3.63, 3.8) is 0 Å². The lowest BCUT2D eigenvalue weighted by Crippen LogP contribution is -2.49. The Morgan fingerprint density at radius 2 is 1.81 bits per heavy atom. The van der Waals surface area contributed by atoms with Crippen LogP contribution >= 0.6 is 0 Å². The summed E-state index contributed by atoms with van der Waals surface area (Å²) < 4.78 is 0. The van der Waals surface area contributed by atoms with Gasteiger partial charge < -0.3 is 5.11 Å². The zero-order chi connectivity index (χ0) is 18.8. The van der Waals surface area contributed by atoms with Crippen LogP contribution in [0, 0.1) is 12.8 Å². The highest BCUT2D eigenvalue weighted by atomic mass is 16.4. The van der Waals surface area contributed by atoms with Gasteiger partial charge in [0.25, 0.3) is 0 Å². The second kappa shape index (κ2) is 7.90. The first kappa shape index (κ1) is 18.3. The van der Waals surface area contributed by atoms with Crippen molar-refractivity contribution in [3.8, 4) is 0 Å². The number of carboxylic acids is 1. The first-order valence-electron chi connectivity index (χ1n) is 10.0. The third kappa shape index (κ3) is 4.12. The molecule has 6 heteroatoms. The SMILES string of the molecule is Cc1nc2ccccc2nc1CN1CCC(N2CCC[C@H](C(=O)O)C2)CC1. The molecule has 2 saturated heterocycles. The molecule has 0 aliphatic carbocycles. The van der Waals surface area contributed by atoms with Crippen molar-refractivity contribution in [1.82, 2.24) is 19.8 Å². The van der Waals surface area contributed by atoms with E-state index < -0.39 is 5.97 Å². The lowest BCUT2D eigenvalue weighted by molar-refractivity contribution is -0.144. The van der Waals surface area contributed by atoms with Crippen molar-refractivity contribution < 1.29 is 9.90 Å². The lowest BCUT2D eigenvalue weighted by atomic mass is 9.94. The molecule has 1 atom stereocenters. The Hall–Kier alpha value is -2.05. The number of carbonyl (C=O) groups is 1. The van der Waals surface area contributed by atoms with Gasteiger partial charge in [-0.15, -0.1) is 0 Å². The molecule has 0 amide bonds. The van der Waals surface area contributed by atoms with E-state index in [0.717, 1.165) is 80.8 Å². The number of likely N-dealkylation sites (tertiary alicyclic amines) is 2. The van der Waals surface area contributed by atoms with E-state index in [-0.39, 0.29) is 5.92 Å². The van der Waals surface area contributed by atoms with Crippen molar-refractivity contribution >= 4 is 17.0 Å². The summed E-state index contributed by atoms with van der Waals surface area (Å²) in [5.74, 6) is -0.824. The molecule has 2 aliphatic rings. The predicted molar refractivity (Wildman–Crippen MR) is 105 cm³/mol. The van der Waals surface area contributed by atoms with Crippen LogP contribution in [0.25, 0.3) is 11.0 Å². The molecule has 0 radical (unpaired) electrons. The quantitative estimate of drug-likeness (QED) is 0.895. The Morgan fingerprint density at radius 1 is 1.11 bits per heavy atom. The molecular weight excluding hydrogens is 340 g/mol. The minimum Gasteiger partial charge on any atom is -0.481 e. The smallest absolute Gasteiger partial charge is 0.307 e. The van der Waals surface area contributed by atoms with Gasteiger partial charge in [0.05, 0.1) is 28.3 Å². The van der Waals surface area contributed by atoms with E-state index in [1.807, 2.05) is 31.2 Å². The molecule has 2 aromatic rings. The van der Waals surface area contributed by atoms with E-state index in [1.54, 1.807) is 0 Å². The molecule has 0 bridgehead atoms. The average molecular weight is 368 g/mol. The van der Waals surface area contributed by atoms with Crippen LogP contribution in [-0.2, 0) is 11.3 Å². The molecule has 2 fully saturated rings. The van der Waals surface area contributed by atoms with Crippen molar-refractivity contribution in [2.24, 2.45) is 5.92 Å². The summed E-state index contributed by atoms with van der Waals surface area (Å²) in [6.07, 6.45) is 4.03. The number of benzene rings is 1. The second-order valence-electron chi connectivity index (χ2n) is 7.92. The van der Waals surface area contributed by atoms with Crippen LogP contribution in [0.5, 0.6) is 0 Å². The number of carboxylic acid groups (broad SMARTS) is 1. The summed E-state index contributed by atoms with van der Waals surface area (Å²) in [5, 5.41) is 9.31. The van der Waals surface area contributed by atoms with Crippen molar-refractivity contribution in [2.75, 3.05) is 26.2 Å². The Labute approximate surface area is 160 Å². The largest absolute Gasteiger partial charge is 0.481 e. The van der Waals surface area contributed by atoms with Crippen LogP contribution in [0.15, 0.2) is 24.3 Å². The number of aliphatic carboxylic acids is 1. The fourth-order valence-electron chi connectivity index (χ4n) is 4.47. The number of hydrogen-bond acceptors (Lipinski definition) is 5. The highest BCUT2D eigenvalue weighted by Gasteiger charge is 2.31. The fourth-order valence-corrected chi connectivity index (χ4v) is 4.47. The van der Waals surface area contributed by atoms with E-state index >= 15 is 0 Å². The van der Waals surface area contributed by atoms with Gasteiger partial charge in [0.1, 0.15) is 0 Å². The summed E-state index contributed by atoms with van der Waals surface area (Å²) in [5.41, 5.74) is 3.99. The molecule has 1 aromatic heterocycles. The average Bonchev–Trinajstić information content (AvgIpc) is 2.69. The van der Waals surface area contributed by atoms with Gasteiger partial charge in [-0.25, -0.2) is 9.97 Å². The van der Waals surface area contributed by atoms with Gasteiger partial charge in [0, 0.05) is 32.2 Å². The molecule has 1 N–H and O–H groups in total. The normalized spacial score (nSPS) is 22.9. The van der Waals surface area contributed by atoms with Gasteiger partial charge in [-0.05, 0) is 51.3 Å². The fraction of sp³-hybridized carbons (Fsp3) is 0.571. The number of nitrogens with zero attached hydrogens (tertiary/aromatic N) is 4. The van der Waals surface area contributed by atoms with Crippen LogP contribution < -0.4 is 0 Å². The van der Waals surface area contributed by atoms with Crippen LogP contribution in [0.3, 0.4) is 0 Å². The third-order valence-corrected chi connectivity index (χ3v) is 6.09. The number of para-hydroxylation sites is 2. The molecule has 4 rings (SSSR count). The second-order valence-corrected chi connectivity index (χ2v) is 7.92. The number of aryl methyl sites for hydroxylation is 1. The highest BCUT2D eigenvalue weighted by molar-refractivity contribution is 5.74. The standard InChI is InChI=1S/C21H28N4O2/c1-15-20(23-19-7-3-2-6-18(19)22-15)14-24-11-8-17(9-12-24)25-10-4-5-16(13-25)21(26)27/h2-3,6-7,16-17H,4-5,8-14H2,1H3,(H,26,27)/t16-/m0/s1. The Balaban J connectivity index is 1.36. The van der Waals surface area contributed by atoms with Crippen LogP contribution in [0.2, 0.25) is 0 Å². The number of fused-ring (bicyclic) bond motifs is 1. The van der Waals surface area contributed by atoms with Crippen molar-refractivity contribution in [1.29, 1.82) is 0 Å². The van der Waals surface area contributed by atoms with E-state index in [1.165, 1.54) is 0 Å². The molecule has 3 heterocycles. The monoisotopic (exact) mass is 368 g/mol. The maximum absolute atomic E-state index is 11.3. The molecule has 144 valence electrons. The summed E-state index contributed by atoms with van der Waals surface area (Å²) in [6.45, 7) is 6.72. The first-order chi connectivity index (χ1) is 13.1. The van der Waals surface area contributed by atoms with E-state index in [0.29, 0.717) is 6.04 Å². The molecule has 1 aromatic carbocycles. The number of piperidine rings is 2. The Bertz CT molecular complexity index is 817. The molecule has 0 spiro atoms. The molecule has 0 unspecified atom stereocenters. The van der Waals surface area contributed by atoms with Crippen LogP contribution in [-0.4, -0.2) is 63.1 Å². The number of hydrogen-bond donors (Lipinski definition) is 1. The van der Waals surface area contributed by atoms with Crippen LogP contribution in [0.4, 0.5) is 0 Å². The molecule has 27 heavy (non-hydrogen) atoms. The lowest BCUT2D eigenvalue weighted by Gasteiger charge is -2.41. The zero-order valence-electron chi connectivity index (χ0n) is 16.0. The first-order valence-corrected chi connectivity index (χ1v) is 10.0.